The molecule has 0 aliphatic heterocycles. The van der Waals surface area contributed by atoms with Crippen molar-refractivity contribution in [3.63, 3.8) is 0 Å². The van der Waals surface area contributed by atoms with Crippen molar-refractivity contribution < 1.29 is 4.79 Å². The van der Waals surface area contributed by atoms with Crippen LogP contribution in [-0.2, 0) is 17.9 Å². The molecule has 0 radical (unpaired) electrons. The summed E-state index contributed by atoms with van der Waals surface area (Å²) >= 11 is 0. The van der Waals surface area contributed by atoms with Gasteiger partial charge in [0.25, 0.3) is 0 Å². The molecule has 1 N–H and O–H groups in total. The lowest BCUT2D eigenvalue weighted by Crippen LogP contribution is -2.27. The van der Waals surface area contributed by atoms with Crippen LogP contribution >= 0.6 is 0 Å². The van der Waals surface area contributed by atoms with Gasteiger partial charge in [-0.3, -0.25) is 9.78 Å². The van der Waals surface area contributed by atoms with Crippen LogP contribution in [0.3, 0.4) is 0 Å². The van der Waals surface area contributed by atoms with Gasteiger partial charge in [-0.1, -0.05) is 24.3 Å². The average Bonchev–Trinajstić information content (AvgIpc) is 2.82. The lowest BCUT2D eigenvalue weighted by molar-refractivity contribution is -0.121. The molecule has 3 aromatic rings. The molecule has 3 rings (SSSR count). The summed E-state index contributed by atoms with van der Waals surface area (Å²) in [6.07, 6.45) is 1.73. The van der Waals surface area contributed by atoms with Gasteiger partial charge in [0.05, 0.1) is 12.2 Å². The molecule has 4 nitrogen and oxygen atoms in total. The van der Waals surface area contributed by atoms with Gasteiger partial charge in [0, 0.05) is 17.4 Å². The molecule has 106 valence electrons. The molecule has 0 atom stereocenters. The Labute approximate surface area is 123 Å². The van der Waals surface area contributed by atoms with Crippen LogP contribution in [0.25, 0.3) is 10.9 Å². The van der Waals surface area contributed by atoms with Crippen molar-refractivity contribution in [2.45, 2.75) is 20.0 Å². The second-order valence-electron chi connectivity index (χ2n) is 5.03. The highest BCUT2D eigenvalue weighted by Gasteiger charge is 2.09. The fraction of sp³-hybridized carbons (Fsp3) is 0.176. The number of nitrogens with zero attached hydrogens (tertiary/aromatic N) is 2. The number of benzene rings is 1. The Hall–Kier alpha value is -2.62. The predicted molar refractivity (Wildman–Crippen MR) is 82.8 cm³/mol. The molecule has 0 aliphatic carbocycles. The van der Waals surface area contributed by atoms with Crippen molar-refractivity contribution >= 4 is 16.8 Å². The monoisotopic (exact) mass is 279 g/mol. The molecular weight excluding hydrogens is 262 g/mol. The Morgan fingerprint density at radius 1 is 1.19 bits per heavy atom. The van der Waals surface area contributed by atoms with E-state index < -0.39 is 0 Å². The van der Waals surface area contributed by atoms with Gasteiger partial charge in [-0.15, -0.1) is 0 Å². The smallest absolute Gasteiger partial charge is 0.240 e. The zero-order valence-corrected chi connectivity index (χ0v) is 11.9. The Morgan fingerprint density at radius 2 is 2.00 bits per heavy atom. The van der Waals surface area contributed by atoms with Gasteiger partial charge < -0.3 is 9.88 Å². The van der Waals surface area contributed by atoms with Gasteiger partial charge in [-0.05, 0) is 36.6 Å². The summed E-state index contributed by atoms with van der Waals surface area (Å²) in [5.74, 6) is -0.00916. The Kier molecular flexibility index (Phi) is 3.69. The summed E-state index contributed by atoms with van der Waals surface area (Å²) in [6.45, 7) is 2.80. The number of pyridine rings is 1. The zero-order valence-electron chi connectivity index (χ0n) is 11.9. The van der Waals surface area contributed by atoms with Crippen LogP contribution in [0, 0.1) is 6.92 Å². The standard InChI is InChI=1S/C17H17N3O/c1-13-10-14-6-2-3-8-16(14)20(13)12-17(21)19-11-15-7-4-5-9-18-15/h2-10H,11-12H2,1H3,(H,19,21). The highest BCUT2D eigenvalue weighted by molar-refractivity contribution is 5.84. The molecule has 2 heterocycles. The lowest BCUT2D eigenvalue weighted by atomic mass is 10.2. The first-order chi connectivity index (χ1) is 10.2. The number of carbonyl (C=O) groups excluding carboxylic acids is 1. The Bertz CT molecular complexity index is 762. The van der Waals surface area contributed by atoms with Crippen molar-refractivity contribution in [2.75, 3.05) is 0 Å². The summed E-state index contributed by atoms with van der Waals surface area (Å²) < 4.78 is 2.03. The second kappa shape index (κ2) is 5.79. The highest BCUT2D eigenvalue weighted by Crippen LogP contribution is 2.18. The van der Waals surface area contributed by atoms with E-state index in [9.17, 15) is 4.79 Å². The van der Waals surface area contributed by atoms with E-state index >= 15 is 0 Å². The largest absolute Gasteiger partial charge is 0.349 e. The predicted octanol–water partition coefficient (Wildman–Crippen LogP) is 2.66. The Morgan fingerprint density at radius 3 is 2.81 bits per heavy atom. The summed E-state index contributed by atoms with van der Waals surface area (Å²) in [5.41, 5.74) is 3.03. The number of hydrogen-bond donors (Lipinski definition) is 1. The number of para-hydroxylation sites is 1. The van der Waals surface area contributed by atoms with Crippen molar-refractivity contribution in [3.05, 3.63) is 66.1 Å². The third-order valence-electron chi connectivity index (χ3n) is 3.51. The van der Waals surface area contributed by atoms with Gasteiger partial charge in [0.1, 0.15) is 6.54 Å². The van der Waals surface area contributed by atoms with Crippen molar-refractivity contribution in [1.82, 2.24) is 14.9 Å². The van der Waals surface area contributed by atoms with Gasteiger partial charge in [0.2, 0.25) is 5.91 Å². The first-order valence-electron chi connectivity index (χ1n) is 6.95. The van der Waals surface area contributed by atoms with Gasteiger partial charge in [-0.25, -0.2) is 0 Å². The summed E-state index contributed by atoms with van der Waals surface area (Å²) in [4.78, 5) is 16.3. The minimum absolute atomic E-state index is 0.00916. The van der Waals surface area contributed by atoms with E-state index in [1.165, 1.54) is 0 Å². The van der Waals surface area contributed by atoms with Gasteiger partial charge in [-0.2, -0.15) is 0 Å². The van der Waals surface area contributed by atoms with E-state index in [2.05, 4.69) is 22.4 Å². The molecule has 2 aromatic heterocycles. The fourth-order valence-corrected chi connectivity index (χ4v) is 2.45. The van der Waals surface area contributed by atoms with Crippen LogP contribution in [0.5, 0.6) is 0 Å². The molecule has 21 heavy (non-hydrogen) atoms. The molecule has 1 aromatic carbocycles. The molecule has 0 spiro atoms. The van der Waals surface area contributed by atoms with Crippen molar-refractivity contribution in [3.8, 4) is 0 Å². The van der Waals surface area contributed by atoms with E-state index in [4.69, 9.17) is 0 Å². The maximum Gasteiger partial charge on any atom is 0.240 e. The highest BCUT2D eigenvalue weighted by atomic mass is 16.1. The quantitative estimate of drug-likeness (QED) is 0.798. The van der Waals surface area contributed by atoms with Crippen LogP contribution in [0.1, 0.15) is 11.4 Å². The minimum atomic E-state index is -0.00916. The maximum atomic E-state index is 12.1. The molecule has 0 aliphatic rings. The molecule has 0 saturated heterocycles. The summed E-state index contributed by atoms with van der Waals surface area (Å²) in [6, 6.07) is 15.9. The molecule has 0 saturated carbocycles. The van der Waals surface area contributed by atoms with Crippen LogP contribution in [0.15, 0.2) is 54.7 Å². The molecule has 0 bridgehead atoms. The number of aryl methyl sites for hydroxylation is 1. The van der Waals surface area contributed by atoms with E-state index in [0.717, 1.165) is 22.3 Å². The maximum absolute atomic E-state index is 12.1. The second-order valence-corrected chi connectivity index (χ2v) is 5.03. The Balaban J connectivity index is 1.70. The lowest BCUT2D eigenvalue weighted by Gasteiger charge is -2.09. The van der Waals surface area contributed by atoms with E-state index in [1.54, 1.807) is 6.20 Å². The first kappa shape index (κ1) is 13.4. The number of carbonyl (C=O) groups is 1. The van der Waals surface area contributed by atoms with Crippen LogP contribution in [0.2, 0.25) is 0 Å². The van der Waals surface area contributed by atoms with Gasteiger partial charge >= 0.3 is 0 Å². The normalized spacial score (nSPS) is 10.7. The summed E-state index contributed by atoms with van der Waals surface area (Å²) in [7, 11) is 0. The molecular formula is C17H17N3O. The minimum Gasteiger partial charge on any atom is -0.349 e. The first-order valence-corrected chi connectivity index (χ1v) is 6.95. The van der Waals surface area contributed by atoms with E-state index in [1.807, 2.05) is 47.9 Å². The third kappa shape index (κ3) is 2.94. The van der Waals surface area contributed by atoms with Crippen LogP contribution < -0.4 is 5.32 Å². The zero-order chi connectivity index (χ0) is 14.7. The van der Waals surface area contributed by atoms with E-state index in [-0.39, 0.29) is 5.91 Å². The fourth-order valence-electron chi connectivity index (χ4n) is 2.45. The van der Waals surface area contributed by atoms with Crippen LogP contribution in [0.4, 0.5) is 0 Å². The molecule has 4 heteroatoms. The average molecular weight is 279 g/mol. The third-order valence-corrected chi connectivity index (χ3v) is 3.51. The number of fused-ring (bicyclic) bond motifs is 1. The number of nitrogens with one attached hydrogen (secondary N) is 1. The topological polar surface area (TPSA) is 46.9 Å². The van der Waals surface area contributed by atoms with Gasteiger partial charge in [0.15, 0.2) is 0 Å². The molecule has 1 amide bonds. The van der Waals surface area contributed by atoms with Crippen molar-refractivity contribution in [2.24, 2.45) is 0 Å². The van der Waals surface area contributed by atoms with E-state index in [0.29, 0.717) is 13.1 Å². The summed E-state index contributed by atoms with van der Waals surface area (Å²) in [5, 5.41) is 4.07. The van der Waals surface area contributed by atoms with Crippen LogP contribution in [-0.4, -0.2) is 15.5 Å². The number of rotatable bonds is 4. The number of aromatic nitrogens is 2. The number of amides is 1. The molecule has 0 fully saturated rings. The van der Waals surface area contributed by atoms with Crippen molar-refractivity contribution in [1.29, 1.82) is 0 Å². The molecule has 0 unspecified atom stereocenters. The SMILES string of the molecule is Cc1cc2ccccc2n1CC(=O)NCc1ccccn1. The number of hydrogen-bond acceptors (Lipinski definition) is 2.